The Morgan fingerprint density at radius 2 is 1.85 bits per heavy atom. The predicted molar refractivity (Wildman–Crippen MR) is 106 cm³/mol. The monoisotopic (exact) mass is 364 g/mol. The van der Waals surface area contributed by atoms with E-state index in [9.17, 15) is 4.79 Å². The van der Waals surface area contributed by atoms with E-state index in [-0.39, 0.29) is 11.7 Å². The maximum atomic E-state index is 12.5. The van der Waals surface area contributed by atoms with Crippen molar-refractivity contribution < 1.29 is 13.9 Å². The molecule has 0 spiro atoms. The Bertz CT molecular complexity index is 924. The highest BCUT2D eigenvalue weighted by Crippen LogP contribution is 2.25. The van der Waals surface area contributed by atoms with Crippen LogP contribution in [0.5, 0.6) is 5.75 Å². The van der Waals surface area contributed by atoms with E-state index >= 15 is 0 Å². The van der Waals surface area contributed by atoms with Gasteiger partial charge in [0, 0.05) is 17.6 Å². The lowest BCUT2D eigenvalue weighted by Gasteiger charge is -2.26. The first-order chi connectivity index (χ1) is 13.2. The SMILES string of the molecule is COc1ccc2oc(C(=O)Nc3ccc(CN4CCCCC4)cc3)cc2c1. The van der Waals surface area contributed by atoms with Crippen molar-refractivity contribution in [1.29, 1.82) is 0 Å². The number of hydrogen-bond donors (Lipinski definition) is 1. The number of rotatable bonds is 5. The first-order valence-corrected chi connectivity index (χ1v) is 9.41. The summed E-state index contributed by atoms with van der Waals surface area (Å²) in [5, 5.41) is 3.74. The molecule has 0 unspecified atom stereocenters. The zero-order chi connectivity index (χ0) is 18.6. The van der Waals surface area contributed by atoms with Gasteiger partial charge in [-0.05, 0) is 67.9 Å². The van der Waals surface area contributed by atoms with Crippen LogP contribution in [0.2, 0.25) is 0 Å². The van der Waals surface area contributed by atoms with E-state index in [1.165, 1.54) is 37.9 Å². The number of anilines is 1. The summed E-state index contributed by atoms with van der Waals surface area (Å²) in [6, 6.07) is 15.3. The molecule has 3 aromatic rings. The fourth-order valence-corrected chi connectivity index (χ4v) is 3.52. The summed E-state index contributed by atoms with van der Waals surface area (Å²) in [6.45, 7) is 3.32. The van der Waals surface area contributed by atoms with Crippen LogP contribution in [0.1, 0.15) is 35.4 Å². The van der Waals surface area contributed by atoms with Gasteiger partial charge in [0.2, 0.25) is 0 Å². The smallest absolute Gasteiger partial charge is 0.291 e. The molecule has 1 N–H and O–H groups in total. The molecule has 1 amide bonds. The third-order valence-corrected chi connectivity index (χ3v) is 5.01. The zero-order valence-electron chi connectivity index (χ0n) is 15.5. The average molecular weight is 364 g/mol. The highest BCUT2D eigenvalue weighted by Gasteiger charge is 2.14. The van der Waals surface area contributed by atoms with Gasteiger partial charge in [0.05, 0.1) is 7.11 Å². The Morgan fingerprint density at radius 3 is 2.59 bits per heavy atom. The summed E-state index contributed by atoms with van der Waals surface area (Å²) in [5.41, 5.74) is 2.70. The highest BCUT2D eigenvalue weighted by atomic mass is 16.5. The molecular weight excluding hydrogens is 340 g/mol. The number of piperidine rings is 1. The zero-order valence-corrected chi connectivity index (χ0v) is 15.5. The topological polar surface area (TPSA) is 54.7 Å². The molecule has 1 aliphatic rings. The van der Waals surface area contributed by atoms with Crippen molar-refractivity contribution in [3.63, 3.8) is 0 Å². The van der Waals surface area contributed by atoms with Crippen molar-refractivity contribution in [2.75, 3.05) is 25.5 Å². The summed E-state index contributed by atoms with van der Waals surface area (Å²) in [4.78, 5) is 15.0. The van der Waals surface area contributed by atoms with Crippen molar-refractivity contribution in [3.8, 4) is 5.75 Å². The Labute approximate surface area is 158 Å². The van der Waals surface area contributed by atoms with Gasteiger partial charge in [-0.3, -0.25) is 9.69 Å². The molecule has 4 rings (SSSR count). The Morgan fingerprint density at radius 1 is 1.07 bits per heavy atom. The lowest BCUT2D eigenvalue weighted by molar-refractivity contribution is 0.0998. The second-order valence-electron chi connectivity index (χ2n) is 7.00. The molecule has 0 atom stereocenters. The molecule has 1 saturated heterocycles. The molecule has 1 aromatic heterocycles. The molecule has 2 aromatic carbocycles. The number of ether oxygens (including phenoxy) is 1. The summed E-state index contributed by atoms with van der Waals surface area (Å²) >= 11 is 0. The van der Waals surface area contributed by atoms with Crippen molar-refractivity contribution in [2.45, 2.75) is 25.8 Å². The molecule has 0 bridgehead atoms. The maximum Gasteiger partial charge on any atom is 0.291 e. The minimum absolute atomic E-state index is 0.256. The number of carbonyl (C=O) groups excluding carboxylic acids is 1. The Hall–Kier alpha value is -2.79. The normalized spacial score (nSPS) is 15.0. The van der Waals surface area contributed by atoms with Crippen LogP contribution in [0.25, 0.3) is 11.0 Å². The second kappa shape index (κ2) is 7.84. The van der Waals surface area contributed by atoms with Crippen LogP contribution >= 0.6 is 0 Å². The number of hydrogen-bond acceptors (Lipinski definition) is 4. The molecule has 5 heteroatoms. The number of carbonyl (C=O) groups is 1. The molecule has 0 aliphatic carbocycles. The predicted octanol–water partition coefficient (Wildman–Crippen LogP) is 4.68. The number of methoxy groups -OCH3 is 1. The van der Waals surface area contributed by atoms with Crippen LogP contribution in [-0.2, 0) is 6.54 Å². The van der Waals surface area contributed by atoms with Crippen LogP contribution in [0.4, 0.5) is 5.69 Å². The largest absolute Gasteiger partial charge is 0.497 e. The molecule has 2 heterocycles. The lowest BCUT2D eigenvalue weighted by Crippen LogP contribution is -2.29. The van der Waals surface area contributed by atoms with E-state index in [0.29, 0.717) is 5.58 Å². The van der Waals surface area contributed by atoms with Crippen molar-refractivity contribution in [1.82, 2.24) is 4.90 Å². The Balaban J connectivity index is 1.41. The summed E-state index contributed by atoms with van der Waals surface area (Å²) in [6.07, 6.45) is 3.92. The minimum Gasteiger partial charge on any atom is -0.497 e. The van der Waals surface area contributed by atoms with Crippen LogP contribution in [-0.4, -0.2) is 31.0 Å². The minimum atomic E-state index is -0.256. The third kappa shape index (κ3) is 4.14. The van der Waals surface area contributed by atoms with Gasteiger partial charge in [0.15, 0.2) is 5.76 Å². The maximum absolute atomic E-state index is 12.5. The summed E-state index contributed by atoms with van der Waals surface area (Å²) in [5.74, 6) is 0.768. The first-order valence-electron chi connectivity index (χ1n) is 9.41. The van der Waals surface area contributed by atoms with Gasteiger partial charge in [-0.1, -0.05) is 18.6 Å². The summed E-state index contributed by atoms with van der Waals surface area (Å²) in [7, 11) is 1.61. The fourth-order valence-electron chi connectivity index (χ4n) is 3.52. The van der Waals surface area contributed by atoms with E-state index in [0.717, 1.165) is 23.4 Å². The number of nitrogens with one attached hydrogen (secondary N) is 1. The molecule has 0 saturated carbocycles. The number of furan rings is 1. The fraction of sp³-hybridized carbons (Fsp3) is 0.318. The van der Waals surface area contributed by atoms with Gasteiger partial charge in [-0.25, -0.2) is 0 Å². The molecule has 5 nitrogen and oxygen atoms in total. The van der Waals surface area contributed by atoms with Gasteiger partial charge in [0.25, 0.3) is 5.91 Å². The highest BCUT2D eigenvalue weighted by molar-refractivity contribution is 6.04. The van der Waals surface area contributed by atoms with E-state index in [1.807, 2.05) is 24.3 Å². The first kappa shape index (κ1) is 17.6. The van der Waals surface area contributed by atoms with Gasteiger partial charge in [-0.15, -0.1) is 0 Å². The van der Waals surface area contributed by atoms with Crippen molar-refractivity contribution >= 4 is 22.6 Å². The average Bonchev–Trinajstić information content (AvgIpc) is 3.13. The van der Waals surface area contributed by atoms with Gasteiger partial charge in [0.1, 0.15) is 11.3 Å². The molecule has 1 aliphatic heterocycles. The number of nitrogens with zero attached hydrogens (tertiary/aromatic N) is 1. The van der Waals surface area contributed by atoms with Gasteiger partial charge < -0.3 is 14.5 Å². The lowest BCUT2D eigenvalue weighted by atomic mass is 10.1. The van der Waals surface area contributed by atoms with Gasteiger partial charge >= 0.3 is 0 Å². The standard InChI is InChI=1S/C22H24N2O3/c1-26-19-9-10-20-17(13-19)14-21(27-20)22(25)23-18-7-5-16(6-8-18)15-24-11-3-2-4-12-24/h5-10,13-14H,2-4,11-12,15H2,1H3,(H,23,25). The van der Waals surface area contributed by atoms with E-state index < -0.39 is 0 Å². The number of fused-ring (bicyclic) bond motifs is 1. The molecular formula is C22H24N2O3. The number of amides is 1. The molecule has 27 heavy (non-hydrogen) atoms. The van der Waals surface area contributed by atoms with Crippen LogP contribution in [0, 0.1) is 0 Å². The quantitative estimate of drug-likeness (QED) is 0.714. The summed E-state index contributed by atoms with van der Waals surface area (Å²) < 4.78 is 10.9. The van der Waals surface area contributed by atoms with Crippen LogP contribution in [0.15, 0.2) is 52.9 Å². The van der Waals surface area contributed by atoms with Crippen molar-refractivity contribution in [3.05, 3.63) is 59.9 Å². The van der Waals surface area contributed by atoms with E-state index in [4.69, 9.17) is 9.15 Å². The van der Waals surface area contributed by atoms with Crippen LogP contribution < -0.4 is 10.1 Å². The van der Waals surface area contributed by atoms with Crippen LogP contribution in [0.3, 0.4) is 0 Å². The molecule has 0 radical (unpaired) electrons. The molecule has 1 fully saturated rings. The third-order valence-electron chi connectivity index (χ3n) is 5.01. The van der Waals surface area contributed by atoms with Gasteiger partial charge in [-0.2, -0.15) is 0 Å². The van der Waals surface area contributed by atoms with E-state index in [2.05, 4.69) is 22.3 Å². The second-order valence-corrected chi connectivity index (χ2v) is 7.00. The number of benzene rings is 2. The van der Waals surface area contributed by atoms with Crippen molar-refractivity contribution in [2.24, 2.45) is 0 Å². The Kier molecular flexibility index (Phi) is 5.12. The molecule has 140 valence electrons. The van der Waals surface area contributed by atoms with E-state index in [1.54, 1.807) is 19.2 Å². The number of likely N-dealkylation sites (tertiary alicyclic amines) is 1.